The fourth-order valence-corrected chi connectivity index (χ4v) is 2.09. The average molecular weight is 278 g/mol. The van der Waals surface area contributed by atoms with Crippen LogP contribution in [0.5, 0.6) is 0 Å². The molecule has 1 unspecified atom stereocenters. The van der Waals surface area contributed by atoms with E-state index >= 15 is 0 Å². The first-order valence-electron chi connectivity index (χ1n) is 6.55. The fraction of sp³-hybridized carbons (Fsp3) is 0.429. The van der Waals surface area contributed by atoms with Crippen molar-refractivity contribution in [3.63, 3.8) is 0 Å². The van der Waals surface area contributed by atoms with Gasteiger partial charge in [-0.05, 0) is 37.5 Å². The van der Waals surface area contributed by atoms with Gasteiger partial charge in [0.15, 0.2) is 0 Å². The number of benzene rings is 1. The summed E-state index contributed by atoms with van der Waals surface area (Å²) in [6, 6.07) is 4.30. The first kappa shape index (κ1) is 14.3. The summed E-state index contributed by atoms with van der Waals surface area (Å²) >= 11 is 0. The van der Waals surface area contributed by atoms with Crippen molar-refractivity contribution in [1.29, 1.82) is 0 Å². The van der Waals surface area contributed by atoms with Crippen molar-refractivity contribution in [2.45, 2.75) is 25.8 Å². The largest absolute Gasteiger partial charge is 0.478 e. The Balaban J connectivity index is 1.99. The van der Waals surface area contributed by atoms with Gasteiger partial charge >= 0.3 is 12.0 Å². The van der Waals surface area contributed by atoms with Crippen molar-refractivity contribution in [2.24, 2.45) is 0 Å². The van der Waals surface area contributed by atoms with Crippen LogP contribution >= 0.6 is 0 Å². The molecule has 1 atom stereocenters. The Hall–Kier alpha value is -2.08. The topological polar surface area (TPSA) is 87.7 Å². The van der Waals surface area contributed by atoms with Crippen molar-refractivity contribution >= 4 is 17.7 Å². The smallest absolute Gasteiger partial charge is 0.335 e. The van der Waals surface area contributed by atoms with Gasteiger partial charge in [0.25, 0.3) is 0 Å². The van der Waals surface area contributed by atoms with Crippen LogP contribution in [0.4, 0.5) is 10.5 Å². The van der Waals surface area contributed by atoms with E-state index in [1.807, 2.05) is 6.92 Å². The number of hydrogen-bond donors (Lipinski definition) is 3. The first-order valence-corrected chi connectivity index (χ1v) is 6.55. The van der Waals surface area contributed by atoms with E-state index in [1.54, 1.807) is 6.07 Å². The zero-order valence-corrected chi connectivity index (χ0v) is 11.3. The Morgan fingerprint density at radius 2 is 2.20 bits per heavy atom. The molecular weight excluding hydrogens is 260 g/mol. The zero-order valence-electron chi connectivity index (χ0n) is 11.3. The van der Waals surface area contributed by atoms with Gasteiger partial charge in [0, 0.05) is 12.3 Å². The van der Waals surface area contributed by atoms with E-state index in [4.69, 9.17) is 9.84 Å². The summed E-state index contributed by atoms with van der Waals surface area (Å²) in [7, 11) is 0. The minimum Gasteiger partial charge on any atom is -0.478 e. The molecule has 0 saturated carbocycles. The maximum absolute atomic E-state index is 11.9. The van der Waals surface area contributed by atoms with Gasteiger partial charge in [0.2, 0.25) is 0 Å². The summed E-state index contributed by atoms with van der Waals surface area (Å²) in [4.78, 5) is 22.8. The highest BCUT2D eigenvalue weighted by Crippen LogP contribution is 2.17. The van der Waals surface area contributed by atoms with Gasteiger partial charge in [-0.1, -0.05) is 6.07 Å². The highest BCUT2D eigenvalue weighted by atomic mass is 16.5. The van der Waals surface area contributed by atoms with Crippen LogP contribution in [0.1, 0.15) is 28.8 Å². The molecule has 108 valence electrons. The highest BCUT2D eigenvalue weighted by Gasteiger charge is 2.16. The summed E-state index contributed by atoms with van der Waals surface area (Å²) < 4.78 is 5.29. The van der Waals surface area contributed by atoms with Crippen molar-refractivity contribution in [3.05, 3.63) is 29.3 Å². The monoisotopic (exact) mass is 278 g/mol. The van der Waals surface area contributed by atoms with Crippen LogP contribution in [0.15, 0.2) is 18.2 Å². The summed E-state index contributed by atoms with van der Waals surface area (Å²) in [6.07, 6.45) is 1.82. The van der Waals surface area contributed by atoms with E-state index in [0.29, 0.717) is 12.3 Å². The second-order valence-corrected chi connectivity index (χ2v) is 4.85. The number of carbonyl (C=O) groups is 2. The first-order chi connectivity index (χ1) is 9.56. The van der Waals surface area contributed by atoms with Crippen LogP contribution in [0.25, 0.3) is 0 Å². The summed E-state index contributed by atoms with van der Waals surface area (Å²) in [5.74, 6) is -1.02. The fourth-order valence-electron chi connectivity index (χ4n) is 2.09. The summed E-state index contributed by atoms with van der Waals surface area (Å²) in [5, 5.41) is 14.5. The molecule has 0 aromatic heterocycles. The molecule has 1 saturated heterocycles. The predicted octanol–water partition coefficient (Wildman–Crippen LogP) is 1.99. The predicted molar refractivity (Wildman–Crippen MR) is 74.1 cm³/mol. The summed E-state index contributed by atoms with van der Waals surface area (Å²) in [5.41, 5.74) is 1.45. The van der Waals surface area contributed by atoms with E-state index in [2.05, 4.69) is 10.6 Å². The number of carbonyl (C=O) groups excluding carboxylic acids is 1. The van der Waals surface area contributed by atoms with Crippen molar-refractivity contribution in [2.75, 3.05) is 18.5 Å². The Labute approximate surface area is 117 Å². The lowest BCUT2D eigenvalue weighted by atomic mass is 10.1. The molecule has 2 rings (SSSR count). The number of amides is 2. The number of aromatic carboxylic acids is 1. The lowest BCUT2D eigenvalue weighted by Crippen LogP contribution is -2.42. The third kappa shape index (κ3) is 3.71. The van der Waals surface area contributed by atoms with Crippen LogP contribution in [0, 0.1) is 6.92 Å². The third-order valence-electron chi connectivity index (χ3n) is 3.23. The van der Waals surface area contributed by atoms with Crippen LogP contribution in [0.2, 0.25) is 0 Å². The second kappa shape index (κ2) is 6.38. The number of nitrogens with one attached hydrogen (secondary N) is 2. The van der Waals surface area contributed by atoms with Crippen LogP contribution in [-0.2, 0) is 4.74 Å². The van der Waals surface area contributed by atoms with E-state index in [-0.39, 0.29) is 17.6 Å². The van der Waals surface area contributed by atoms with Crippen molar-refractivity contribution < 1.29 is 19.4 Å². The molecule has 1 fully saturated rings. The van der Waals surface area contributed by atoms with E-state index < -0.39 is 5.97 Å². The Kier molecular flexibility index (Phi) is 4.57. The number of ether oxygens (including phenoxy) is 1. The quantitative estimate of drug-likeness (QED) is 0.789. The van der Waals surface area contributed by atoms with Crippen molar-refractivity contribution in [3.8, 4) is 0 Å². The maximum atomic E-state index is 11.9. The maximum Gasteiger partial charge on any atom is 0.335 e. The van der Waals surface area contributed by atoms with E-state index in [0.717, 1.165) is 25.0 Å². The molecule has 0 aliphatic carbocycles. The van der Waals surface area contributed by atoms with Crippen LogP contribution in [-0.4, -0.2) is 36.4 Å². The van der Waals surface area contributed by atoms with Gasteiger partial charge in [0.1, 0.15) is 0 Å². The number of rotatable bonds is 3. The van der Waals surface area contributed by atoms with Gasteiger partial charge < -0.3 is 20.5 Å². The van der Waals surface area contributed by atoms with Gasteiger partial charge in [0.05, 0.1) is 18.2 Å². The molecule has 6 nitrogen and oxygen atoms in total. The molecule has 3 N–H and O–H groups in total. The normalized spacial score (nSPS) is 18.4. The average Bonchev–Trinajstić information content (AvgIpc) is 2.42. The lowest BCUT2D eigenvalue weighted by molar-refractivity contribution is 0.0697. The minimum atomic E-state index is -1.02. The molecule has 1 aliphatic heterocycles. The molecule has 20 heavy (non-hydrogen) atoms. The number of urea groups is 1. The number of hydrogen-bond acceptors (Lipinski definition) is 3. The van der Waals surface area contributed by atoms with Crippen molar-refractivity contribution in [1.82, 2.24) is 5.32 Å². The number of carboxylic acid groups (broad SMARTS) is 1. The zero-order chi connectivity index (χ0) is 14.5. The SMILES string of the molecule is Cc1ccc(C(=O)O)cc1NC(=O)NC1CCCOC1. The standard InChI is InChI=1S/C14H18N2O4/c1-9-4-5-10(13(17)18)7-12(9)16-14(19)15-11-3-2-6-20-8-11/h4-5,7,11H,2-3,6,8H2,1H3,(H,17,18)(H2,15,16,19). The Bertz CT molecular complexity index is 510. The van der Waals surface area contributed by atoms with Gasteiger partial charge in [-0.3, -0.25) is 0 Å². The third-order valence-corrected chi connectivity index (χ3v) is 3.23. The Morgan fingerprint density at radius 3 is 2.85 bits per heavy atom. The highest BCUT2D eigenvalue weighted by molar-refractivity contribution is 5.94. The molecule has 2 amide bonds. The van der Waals surface area contributed by atoms with Gasteiger partial charge in [-0.2, -0.15) is 0 Å². The van der Waals surface area contributed by atoms with Gasteiger partial charge in [-0.25, -0.2) is 9.59 Å². The number of anilines is 1. The molecule has 0 radical (unpaired) electrons. The van der Waals surface area contributed by atoms with Gasteiger partial charge in [-0.15, -0.1) is 0 Å². The second-order valence-electron chi connectivity index (χ2n) is 4.85. The lowest BCUT2D eigenvalue weighted by Gasteiger charge is -2.23. The molecule has 6 heteroatoms. The molecule has 1 heterocycles. The van der Waals surface area contributed by atoms with E-state index in [9.17, 15) is 9.59 Å². The van der Waals surface area contributed by atoms with Crippen LogP contribution in [0.3, 0.4) is 0 Å². The molecule has 1 aromatic carbocycles. The summed E-state index contributed by atoms with van der Waals surface area (Å²) in [6.45, 7) is 3.06. The van der Waals surface area contributed by atoms with E-state index in [1.165, 1.54) is 12.1 Å². The van der Waals surface area contributed by atoms with Crippen LogP contribution < -0.4 is 10.6 Å². The number of carboxylic acids is 1. The molecule has 0 bridgehead atoms. The molecule has 1 aromatic rings. The minimum absolute atomic E-state index is 0.00622. The molecule has 0 spiro atoms. The number of aryl methyl sites for hydroxylation is 1. The molecular formula is C14H18N2O4. The molecule has 1 aliphatic rings. The Morgan fingerprint density at radius 1 is 1.40 bits per heavy atom.